The topological polar surface area (TPSA) is 54.7 Å². The predicted octanol–water partition coefficient (Wildman–Crippen LogP) is 3.68. The lowest BCUT2D eigenvalue weighted by molar-refractivity contribution is 0.0855. The second kappa shape index (κ2) is 5.72. The number of pyridine rings is 1. The van der Waals surface area contributed by atoms with Gasteiger partial charge in [-0.3, -0.25) is 4.98 Å². The summed E-state index contributed by atoms with van der Waals surface area (Å²) in [5.74, 6) is 0.236. The first-order chi connectivity index (χ1) is 11.3. The predicted molar refractivity (Wildman–Crippen MR) is 89.6 cm³/mol. The van der Waals surface area contributed by atoms with Crippen LogP contribution in [0.2, 0.25) is 0 Å². The van der Waals surface area contributed by atoms with E-state index in [1.54, 1.807) is 6.20 Å². The molecule has 4 nitrogen and oxygen atoms in total. The molecule has 23 heavy (non-hydrogen) atoms. The van der Waals surface area contributed by atoms with E-state index in [0.29, 0.717) is 11.9 Å². The third-order valence-corrected chi connectivity index (χ3v) is 4.12. The quantitative estimate of drug-likeness (QED) is 0.803. The Morgan fingerprint density at radius 1 is 1.04 bits per heavy atom. The highest BCUT2D eigenvalue weighted by Gasteiger charge is 2.23. The van der Waals surface area contributed by atoms with Crippen molar-refractivity contribution in [2.75, 3.05) is 0 Å². The Morgan fingerprint density at radius 3 is 2.78 bits per heavy atom. The molecule has 0 fully saturated rings. The number of aromatic hydroxyl groups is 1. The zero-order chi connectivity index (χ0) is 15.6. The Hall–Kier alpha value is -2.88. The highest BCUT2D eigenvalue weighted by molar-refractivity contribution is 6.01. The van der Waals surface area contributed by atoms with Crippen LogP contribution in [0.4, 0.5) is 0 Å². The highest BCUT2D eigenvalue weighted by atomic mass is 16.6. The van der Waals surface area contributed by atoms with E-state index in [9.17, 15) is 5.11 Å². The molecule has 0 bridgehead atoms. The first-order valence-corrected chi connectivity index (χ1v) is 7.65. The fourth-order valence-electron chi connectivity index (χ4n) is 2.92. The molecule has 1 aromatic heterocycles. The lowest BCUT2D eigenvalue weighted by atomic mass is 9.99. The number of phenolic OH excluding ortho intramolecular Hbond substituents is 1. The van der Waals surface area contributed by atoms with E-state index in [0.717, 1.165) is 28.6 Å². The van der Waals surface area contributed by atoms with Gasteiger partial charge in [0, 0.05) is 24.4 Å². The van der Waals surface area contributed by atoms with Gasteiger partial charge < -0.3 is 9.94 Å². The maximum atomic E-state index is 10.4. The zero-order valence-electron chi connectivity index (χ0n) is 12.5. The molecular weight excluding hydrogens is 288 g/mol. The Balaban J connectivity index is 1.53. The number of nitrogens with zero attached hydrogens (tertiary/aromatic N) is 2. The molecule has 4 heteroatoms. The molecule has 0 spiro atoms. The van der Waals surface area contributed by atoms with Crippen molar-refractivity contribution in [3.05, 3.63) is 71.9 Å². The Kier molecular flexibility index (Phi) is 3.42. The van der Waals surface area contributed by atoms with Crippen LogP contribution in [0, 0.1) is 0 Å². The number of phenols is 1. The normalized spacial score (nSPS) is 17.0. The maximum absolute atomic E-state index is 10.4. The van der Waals surface area contributed by atoms with Gasteiger partial charge >= 0.3 is 0 Å². The van der Waals surface area contributed by atoms with Crippen molar-refractivity contribution in [3.8, 4) is 5.75 Å². The number of oxime groups is 1. The van der Waals surface area contributed by atoms with Crippen LogP contribution in [0.3, 0.4) is 0 Å². The summed E-state index contributed by atoms with van der Waals surface area (Å²) in [6.45, 7) is 0. The van der Waals surface area contributed by atoms with Gasteiger partial charge in [0.05, 0.1) is 5.71 Å². The van der Waals surface area contributed by atoms with E-state index >= 15 is 0 Å². The fraction of sp³-hybridized carbons (Fsp3) is 0.158. The molecule has 0 saturated carbocycles. The number of hydrogen-bond acceptors (Lipinski definition) is 4. The van der Waals surface area contributed by atoms with Gasteiger partial charge in [0.1, 0.15) is 17.4 Å². The first-order valence-electron chi connectivity index (χ1n) is 7.65. The highest BCUT2D eigenvalue weighted by Crippen LogP contribution is 2.30. The van der Waals surface area contributed by atoms with Gasteiger partial charge in [-0.15, -0.1) is 0 Å². The summed E-state index contributed by atoms with van der Waals surface area (Å²) in [5.41, 5.74) is 3.51. The van der Waals surface area contributed by atoms with Crippen molar-refractivity contribution < 1.29 is 9.94 Å². The van der Waals surface area contributed by atoms with Gasteiger partial charge in [-0.25, -0.2) is 0 Å². The molecule has 114 valence electrons. The first kappa shape index (κ1) is 13.8. The van der Waals surface area contributed by atoms with E-state index in [-0.39, 0.29) is 11.9 Å². The smallest absolute Gasteiger partial charge is 0.145 e. The molecule has 0 radical (unpaired) electrons. The summed E-state index contributed by atoms with van der Waals surface area (Å²) in [4.78, 5) is 9.81. The van der Waals surface area contributed by atoms with Crippen LogP contribution >= 0.6 is 0 Å². The lowest BCUT2D eigenvalue weighted by Crippen LogP contribution is -2.12. The van der Waals surface area contributed by atoms with Crippen LogP contribution < -0.4 is 0 Å². The van der Waals surface area contributed by atoms with Gasteiger partial charge in [-0.05, 0) is 17.2 Å². The van der Waals surface area contributed by atoms with Gasteiger partial charge in [0.2, 0.25) is 0 Å². The van der Waals surface area contributed by atoms with Crippen LogP contribution in [0.5, 0.6) is 5.75 Å². The average Bonchev–Trinajstić information content (AvgIpc) is 3.07. The molecule has 0 aliphatic carbocycles. The monoisotopic (exact) mass is 304 g/mol. The van der Waals surface area contributed by atoms with Crippen LogP contribution in [-0.2, 0) is 11.3 Å². The standard InChI is InChI=1S/C19H16N2O2/c22-19-15(9-8-14-7-4-10-20-18(14)19)11-16-12-17(21-23-16)13-5-2-1-3-6-13/h1-10,16,22H,11-12H2. The summed E-state index contributed by atoms with van der Waals surface area (Å²) in [7, 11) is 0. The number of hydrogen-bond donors (Lipinski definition) is 1. The zero-order valence-corrected chi connectivity index (χ0v) is 12.5. The summed E-state index contributed by atoms with van der Waals surface area (Å²) in [6, 6.07) is 17.7. The van der Waals surface area contributed by atoms with E-state index in [4.69, 9.17) is 4.84 Å². The number of fused-ring (bicyclic) bond motifs is 1. The Labute approximate surface area is 134 Å². The number of rotatable bonds is 3. The molecular formula is C19H16N2O2. The van der Waals surface area contributed by atoms with Crippen molar-refractivity contribution >= 4 is 16.6 Å². The third-order valence-electron chi connectivity index (χ3n) is 4.12. The van der Waals surface area contributed by atoms with Crippen LogP contribution in [0.1, 0.15) is 17.5 Å². The molecule has 2 aromatic carbocycles. The second-order valence-electron chi connectivity index (χ2n) is 5.69. The second-order valence-corrected chi connectivity index (χ2v) is 5.69. The molecule has 2 heterocycles. The van der Waals surface area contributed by atoms with E-state index < -0.39 is 0 Å². The Morgan fingerprint density at radius 2 is 1.91 bits per heavy atom. The summed E-state index contributed by atoms with van der Waals surface area (Å²) in [6.07, 6.45) is 2.98. The minimum atomic E-state index is -0.0581. The average molecular weight is 304 g/mol. The minimum Gasteiger partial charge on any atom is -0.505 e. The van der Waals surface area contributed by atoms with Gasteiger partial charge in [0.15, 0.2) is 0 Å². The van der Waals surface area contributed by atoms with Crippen molar-refractivity contribution in [1.29, 1.82) is 0 Å². The van der Waals surface area contributed by atoms with E-state index in [1.165, 1.54) is 0 Å². The summed E-state index contributed by atoms with van der Waals surface area (Å²) >= 11 is 0. The van der Waals surface area contributed by atoms with Crippen LogP contribution in [0.25, 0.3) is 10.9 Å². The number of benzene rings is 2. The van der Waals surface area contributed by atoms with Gasteiger partial charge in [-0.1, -0.05) is 53.7 Å². The minimum absolute atomic E-state index is 0.0581. The van der Waals surface area contributed by atoms with Crippen molar-refractivity contribution in [2.24, 2.45) is 5.16 Å². The van der Waals surface area contributed by atoms with Crippen LogP contribution in [-0.4, -0.2) is 21.9 Å². The van der Waals surface area contributed by atoms with E-state index in [1.807, 2.05) is 54.6 Å². The Bertz CT molecular complexity index is 875. The molecule has 3 aromatic rings. The molecule has 1 aliphatic heterocycles. The largest absolute Gasteiger partial charge is 0.505 e. The molecule has 1 unspecified atom stereocenters. The molecule has 0 saturated heterocycles. The molecule has 1 aliphatic rings. The molecule has 1 atom stereocenters. The molecule has 4 rings (SSSR count). The molecule has 1 N–H and O–H groups in total. The van der Waals surface area contributed by atoms with Crippen LogP contribution in [0.15, 0.2) is 65.9 Å². The van der Waals surface area contributed by atoms with Crippen molar-refractivity contribution in [3.63, 3.8) is 0 Å². The maximum Gasteiger partial charge on any atom is 0.145 e. The summed E-state index contributed by atoms with van der Waals surface area (Å²) < 4.78 is 0. The van der Waals surface area contributed by atoms with Gasteiger partial charge in [-0.2, -0.15) is 0 Å². The van der Waals surface area contributed by atoms with Crippen molar-refractivity contribution in [1.82, 2.24) is 4.98 Å². The summed E-state index contributed by atoms with van der Waals surface area (Å²) in [5, 5.41) is 15.6. The fourth-order valence-corrected chi connectivity index (χ4v) is 2.92. The van der Waals surface area contributed by atoms with Crippen molar-refractivity contribution in [2.45, 2.75) is 18.9 Å². The van der Waals surface area contributed by atoms with Gasteiger partial charge in [0.25, 0.3) is 0 Å². The number of aromatic nitrogens is 1. The van der Waals surface area contributed by atoms with E-state index in [2.05, 4.69) is 10.1 Å². The third kappa shape index (κ3) is 2.63. The molecule has 0 amide bonds. The lowest BCUT2D eigenvalue weighted by Gasteiger charge is -2.11. The SMILES string of the molecule is Oc1c(CC2CC(c3ccccc3)=NO2)ccc2cccnc12.